The number of ether oxygens (including phenoxy) is 1. The maximum atomic E-state index is 11.7. The summed E-state index contributed by atoms with van der Waals surface area (Å²) in [6, 6.07) is 0.514. The van der Waals surface area contributed by atoms with Crippen LogP contribution in [0, 0.1) is 0 Å². The molecule has 1 atom stereocenters. The van der Waals surface area contributed by atoms with E-state index in [4.69, 9.17) is 4.74 Å². The molecular weight excluding hydrogens is 230 g/mol. The van der Waals surface area contributed by atoms with E-state index >= 15 is 0 Å². The number of likely N-dealkylation sites (N-methyl/N-ethyl adjacent to an activating group) is 1. The van der Waals surface area contributed by atoms with Crippen LogP contribution >= 0.6 is 0 Å². The van der Waals surface area contributed by atoms with Crippen LogP contribution in [0.4, 0.5) is 0 Å². The Kier molecular flexibility index (Phi) is 4.59. The van der Waals surface area contributed by atoms with Gasteiger partial charge in [-0.25, -0.2) is 0 Å². The van der Waals surface area contributed by atoms with E-state index in [-0.39, 0.29) is 18.1 Å². The number of likely N-dealkylation sites (tertiary alicyclic amines) is 1. The molecule has 2 N–H and O–H groups in total. The van der Waals surface area contributed by atoms with Crippen molar-refractivity contribution < 1.29 is 9.53 Å². The highest BCUT2D eigenvalue weighted by Gasteiger charge is 2.33. The topological polar surface area (TPSA) is 53.6 Å². The summed E-state index contributed by atoms with van der Waals surface area (Å²) in [6.07, 6.45) is 2.44. The molecule has 0 aromatic heterocycles. The van der Waals surface area contributed by atoms with Crippen molar-refractivity contribution in [1.29, 1.82) is 0 Å². The number of nitrogens with zero attached hydrogens (tertiary/aromatic N) is 1. The maximum Gasteiger partial charge on any atom is 0.246 e. The Morgan fingerprint density at radius 2 is 2.33 bits per heavy atom. The Hall–Kier alpha value is -0.650. The van der Waals surface area contributed by atoms with Gasteiger partial charge < -0.3 is 15.4 Å². The molecule has 5 nitrogen and oxygen atoms in total. The molecule has 2 fully saturated rings. The highest BCUT2D eigenvalue weighted by molar-refractivity contribution is 5.77. The first kappa shape index (κ1) is 13.8. The molecular formula is C13H25N3O2. The molecule has 0 saturated carbocycles. The summed E-state index contributed by atoms with van der Waals surface area (Å²) in [5.41, 5.74) is -0.139. The first-order valence-corrected chi connectivity index (χ1v) is 6.98. The minimum Gasteiger partial charge on any atom is -0.363 e. The number of carbonyl (C=O) groups is 1. The van der Waals surface area contributed by atoms with Crippen molar-refractivity contribution in [3.63, 3.8) is 0 Å². The molecule has 2 saturated heterocycles. The van der Waals surface area contributed by atoms with Gasteiger partial charge in [0.1, 0.15) is 6.61 Å². The summed E-state index contributed by atoms with van der Waals surface area (Å²) in [5.74, 6) is 0.00563. The van der Waals surface area contributed by atoms with Crippen molar-refractivity contribution in [2.75, 3.05) is 39.3 Å². The third-order valence-electron chi connectivity index (χ3n) is 3.99. The van der Waals surface area contributed by atoms with Crippen molar-refractivity contribution in [3.8, 4) is 0 Å². The van der Waals surface area contributed by atoms with E-state index in [2.05, 4.69) is 22.5 Å². The normalized spacial score (nSPS) is 26.9. The molecule has 18 heavy (non-hydrogen) atoms. The van der Waals surface area contributed by atoms with Gasteiger partial charge in [0.05, 0.1) is 5.60 Å². The molecule has 2 heterocycles. The fourth-order valence-corrected chi connectivity index (χ4v) is 2.64. The van der Waals surface area contributed by atoms with Crippen LogP contribution in [0.25, 0.3) is 0 Å². The molecule has 2 aliphatic rings. The Morgan fingerprint density at radius 3 is 2.94 bits per heavy atom. The van der Waals surface area contributed by atoms with Gasteiger partial charge in [0, 0.05) is 25.7 Å². The Labute approximate surface area is 109 Å². The molecule has 0 aromatic rings. The molecule has 0 aromatic carbocycles. The second kappa shape index (κ2) is 5.99. The lowest BCUT2D eigenvalue weighted by Gasteiger charge is -2.38. The average molecular weight is 255 g/mol. The van der Waals surface area contributed by atoms with E-state index < -0.39 is 0 Å². The van der Waals surface area contributed by atoms with Crippen molar-refractivity contribution in [1.82, 2.24) is 15.5 Å². The summed E-state index contributed by atoms with van der Waals surface area (Å²) in [4.78, 5) is 14.1. The number of hydrogen-bond acceptors (Lipinski definition) is 4. The number of nitrogens with one attached hydrogen (secondary N) is 2. The van der Waals surface area contributed by atoms with Gasteiger partial charge in [0.25, 0.3) is 0 Å². The lowest BCUT2D eigenvalue weighted by atomic mass is 10.0. The Morgan fingerprint density at radius 1 is 1.56 bits per heavy atom. The first-order valence-electron chi connectivity index (χ1n) is 6.98. The fraction of sp³-hybridized carbons (Fsp3) is 0.923. The van der Waals surface area contributed by atoms with Crippen LogP contribution in [-0.4, -0.2) is 61.8 Å². The highest BCUT2D eigenvalue weighted by Crippen LogP contribution is 2.16. The molecule has 0 spiro atoms. The Balaban J connectivity index is 1.62. The molecule has 2 aliphatic heterocycles. The van der Waals surface area contributed by atoms with Gasteiger partial charge in [-0.1, -0.05) is 6.92 Å². The minimum absolute atomic E-state index is 0.00563. The molecule has 5 heteroatoms. The standard InChI is InChI=1S/C13H25N3O2/c1-3-16-6-4-5-11(16)7-15-12(17)8-18-13(2)9-14-10-13/h11,14H,3-10H2,1-2H3,(H,15,17). The second-order valence-corrected chi connectivity index (χ2v) is 5.57. The van der Waals surface area contributed by atoms with Crippen molar-refractivity contribution in [2.45, 2.75) is 38.3 Å². The van der Waals surface area contributed by atoms with Crippen LogP contribution in [0.3, 0.4) is 0 Å². The van der Waals surface area contributed by atoms with Crippen molar-refractivity contribution >= 4 is 5.91 Å². The molecule has 0 aliphatic carbocycles. The van der Waals surface area contributed by atoms with E-state index in [9.17, 15) is 4.79 Å². The summed E-state index contributed by atoms with van der Waals surface area (Å²) in [6.45, 7) is 9.05. The number of carbonyl (C=O) groups excluding carboxylic acids is 1. The second-order valence-electron chi connectivity index (χ2n) is 5.57. The Bertz CT molecular complexity index is 292. The smallest absolute Gasteiger partial charge is 0.246 e. The maximum absolute atomic E-state index is 11.7. The average Bonchev–Trinajstić information content (AvgIpc) is 2.78. The number of amides is 1. The van der Waals surface area contributed by atoms with Gasteiger partial charge in [-0.2, -0.15) is 0 Å². The largest absolute Gasteiger partial charge is 0.363 e. The summed E-state index contributed by atoms with van der Waals surface area (Å²) >= 11 is 0. The molecule has 0 bridgehead atoms. The number of hydrogen-bond donors (Lipinski definition) is 2. The van der Waals surface area contributed by atoms with Crippen LogP contribution in [0.15, 0.2) is 0 Å². The molecule has 1 unspecified atom stereocenters. The van der Waals surface area contributed by atoms with E-state index in [0.717, 1.165) is 32.7 Å². The molecule has 0 radical (unpaired) electrons. The third-order valence-corrected chi connectivity index (χ3v) is 3.99. The third kappa shape index (κ3) is 3.43. The lowest BCUT2D eigenvalue weighted by Crippen LogP contribution is -2.59. The zero-order valence-electron chi connectivity index (χ0n) is 11.5. The van der Waals surface area contributed by atoms with Gasteiger partial charge in [-0.3, -0.25) is 9.69 Å². The van der Waals surface area contributed by atoms with E-state index in [1.807, 2.05) is 6.92 Å². The highest BCUT2D eigenvalue weighted by atomic mass is 16.5. The van der Waals surface area contributed by atoms with Crippen molar-refractivity contribution in [2.24, 2.45) is 0 Å². The van der Waals surface area contributed by atoms with Crippen LogP contribution in [0.2, 0.25) is 0 Å². The summed E-state index contributed by atoms with van der Waals surface area (Å²) < 4.78 is 5.61. The summed E-state index contributed by atoms with van der Waals surface area (Å²) in [5, 5.41) is 6.14. The first-order chi connectivity index (χ1) is 8.63. The predicted octanol–water partition coefficient (Wildman–Crippen LogP) is -0.0346. The van der Waals surface area contributed by atoms with Gasteiger partial charge in [-0.05, 0) is 32.9 Å². The van der Waals surface area contributed by atoms with Crippen LogP contribution < -0.4 is 10.6 Å². The summed E-state index contributed by atoms with van der Waals surface area (Å²) in [7, 11) is 0. The van der Waals surface area contributed by atoms with E-state index in [1.54, 1.807) is 0 Å². The molecule has 2 rings (SSSR count). The monoisotopic (exact) mass is 255 g/mol. The molecule has 1 amide bonds. The quantitative estimate of drug-likeness (QED) is 0.699. The van der Waals surface area contributed by atoms with Gasteiger partial charge >= 0.3 is 0 Å². The van der Waals surface area contributed by atoms with Crippen LogP contribution in [0.1, 0.15) is 26.7 Å². The predicted molar refractivity (Wildman–Crippen MR) is 70.5 cm³/mol. The van der Waals surface area contributed by atoms with E-state index in [0.29, 0.717) is 6.04 Å². The van der Waals surface area contributed by atoms with Gasteiger partial charge in [-0.15, -0.1) is 0 Å². The van der Waals surface area contributed by atoms with Gasteiger partial charge in [0.15, 0.2) is 0 Å². The van der Waals surface area contributed by atoms with Crippen LogP contribution in [0.5, 0.6) is 0 Å². The minimum atomic E-state index is -0.139. The zero-order valence-corrected chi connectivity index (χ0v) is 11.5. The lowest BCUT2D eigenvalue weighted by molar-refractivity contribution is -0.136. The molecule has 104 valence electrons. The van der Waals surface area contributed by atoms with Crippen LogP contribution in [-0.2, 0) is 9.53 Å². The van der Waals surface area contributed by atoms with E-state index in [1.165, 1.54) is 12.8 Å². The van der Waals surface area contributed by atoms with Gasteiger partial charge in [0.2, 0.25) is 5.91 Å². The fourth-order valence-electron chi connectivity index (χ4n) is 2.64. The van der Waals surface area contributed by atoms with Crippen molar-refractivity contribution in [3.05, 3.63) is 0 Å². The number of rotatable bonds is 6. The SMILES string of the molecule is CCN1CCCC1CNC(=O)COC1(C)CNC1. The zero-order chi connectivity index (χ0) is 13.0.